The molecule has 1 aliphatic rings. The van der Waals surface area contributed by atoms with E-state index in [1.54, 1.807) is 17.5 Å². The summed E-state index contributed by atoms with van der Waals surface area (Å²) in [5.74, 6) is -0.243. The minimum atomic E-state index is -0.243. The van der Waals surface area contributed by atoms with Crippen molar-refractivity contribution >= 4 is 22.4 Å². The van der Waals surface area contributed by atoms with Gasteiger partial charge in [-0.3, -0.25) is 4.79 Å². The fourth-order valence-corrected chi connectivity index (χ4v) is 2.37. The number of primary amides is 1. The summed E-state index contributed by atoms with van der Waals surface area (Å²) in [4.78, 5) is 17.2. The molecule has 1 amide bonds. The highest BCUT2D eigenvalue weighted by molar-refractivity contribution is 7.13. The van der Waals surface area contributed by atoms with Gasteiger partial charge in [0.2, 0.25) is 5.91 Å². The van der Waals surface area contributed by atoms with Gasteiger partial charge in [0.1, 0.15) is 6.04 Å². The van der Waals surface area contributed by atoms with Gasteiger partial charge in [0.15, 0.2) is 5.13 Å². The second-order valence-corrected chi connectivity index (χ2v) is 3.94. The normalized spacial score (nSPS) is 22.2. The SMILES string of the molecule is NC(=O)C1CCCN1c1nccs1. The zero-order valence-electron chi connectivity index (χ0n) is 7.14. The Morgan fingerprint density at radius 1 is 1.77 bits per heavy atom. The number of nitrogens with zero attached hydrogens (tertiary/aromatic N) is 2. The molecule has 1 fully saturated rings. The maximum absolute atomic E-state index is 11.1. The first-order valence-corrected chi connectivity index (χ1v) is 5.12. The highest BCUT2D eigenvalue weighted by Gasteiger charge is 2.30. The van der Waals surface area contributed by atoms with Gasteiger partial charge in [-0.2, -0.15) is 0 Å². The van der Waals surface area contributed by atoms with Gasteiger partial charge < -0.3 is 10.6 Å². The number of carbonyl (C=O) groups excluding carboxylic acids is 1. The summed E-state index contributed by atoms with van der Waals surface area (Å²) in [6.07, 6.45) is 3.62. The molecule has 1 aromatic rings. The Morgan fingerprint density at radius 2 is 2.62 bits per heavy atom. The van der Waals surface area contributed by atoms with Crippen LogP contribution < -0.4 is 10.6 Å². The van der Waals surface area contributed by atoms with Crippen LogP contribution in [0.3, 0.4) is 0 Å². The van der Waals surface area contributed by atoms with E-state index >= 15 is 0 Å². The quantitative estimate of drug-likeness (QED) is 0.755. The molecule has 0 radical (unpaired) electrons. The minimum Gasteiger partial charge on any atom is -0.368 e. The van der Waals surface area contributed by atoms with E-state index in [4.69, 9.17) is 5.73 Å². The molecule has 1 aliphatic heterocycles. The first-order chi connectivity index (χ1) is 6.29. The van der Waals surface area contributed by atoms with Gasteiger partial charge in [-0.05, 0) is 12.8 Å². The van der Waals surface area contributed by atoms with Crippen LogP contribution in [0.5, 0.6) is 0 Å². The lowest BCUT2D eigenvalue weighted by Crippen LogP contribution is -2.40. The largest absolute Gasteiger partial charge is 0.368 e. The molecular formula is C8H11N3OS. The Balaban J connectivity index is 2.19. The standard InChI is InChI=1S/C8H11N3OS/c9-7(12)6-2-1-4-11(6)8-10-3-5-13-8/h3,5-6H,1-2,4H2,(H2,9,12). The monoisotopic (exact) mass is 197 g/mol. The first kappa shape index (κ1) is 8.50. The van der Waals surface area contributed by atoms with Crippen LogP contribution in [0.1, 0.15) is 12.8 Å². The molecule has 0 bridgehead atoms. The van der Waals surface area contributed by atoms with Crippen molar-refractivity contribution in [1.82, 2.24) is 4.98 Å². The third kappa shape index (κ3) is 1.51. The van der Waals surface area contributed by atoms with E-state index in [2.05, 4.69) is 4.98 Å². The summed E-state index contributed by atoms with van der Waals surface area (Å²) in [6.45, 7) is 0.890. The smallest absolute Gasteiger partial charge is 0.240 e. The van der Waals surface area contributed by atoms with Gasteiger partial charge in [-0.25, -0.2) is 4.98 Å². The van der Waals surface area contributed by atoms with Crippen LogP contribution >= 0.6 is 11.3 Å². The first-order valence-electron chi connectivity index (χ1n) is 4.24. The molecule has 1 saturated heterocycles. The molecule has 0 spiro atoms. The lowest BCUT2D eigenvalue weighted by molar-refractivity contribution is -0.119. The Labute approximate surface area is 80.4 Å². The number of carbonyl (C=O) groups is 1. The number of thiazole rings is 1. The maximum Gasteiger partial charge on any atom is 0.240 e. The highest BCUT2D eigenvalue weighted by atomic mass is 32.1. The molecule has 0 aromatic carbocycles. The lowest BCUT2D eigenvalue weighted by Gasteiger charge is -2.20. The summed E-state index contributed by atoms with van der Waals surface area (Å²) < 4.78 is 0. The number of aromatic nitrogens is 1. The van der Waals surface area contributed by atoms with Crippen LogP contribution in [-0.2, 0) is 4.79 Å². The van der Waals surface area contributed by atoms with E-state index in [0.29, 0.717) is 0 Å². The topological polar surface area (TPSA) is 59.2 Å². The fraction of sp³-hybridized carbons (Fsp3) is 0.500. The van der Waals surface area contributed by atoms with Gasteiger partial charge in [-0.15, -0.1) is 11.3 Å². The van der Waals surface area contributed by atoms with Crippen LogP contribution in [0.4, 0.5) is 5.13 Å². The van der Waals surface area contributed by atoms with Crippen LogP contribution in [0, 0.1) is 0 Å². The van der Waals surface area contributed by atoms with E-state index in [-0.39, 0.29) is 11.9 Å². The molecule has 70 valence electrons. The van der Waals surface area contributed by atoms with Gasteiger partial charge in [0.25, 0.3) is 0 Å². The molecular weight excluding hydrogens is 186 g/mol. The van der Waals surface area contributed by atoms with Crippen molar-refractivity contribution in [3.8, 4) is 0 Å². The summed E-state index contributed by atoms with van der Waals surface area (Å²) in [5, 5.41) is 2.81. The lowest BCUT2D eigenvalue weighted by atomic mass is 10.2. The van der Waals surface area contributed by atoms with Crippen molar-refractivity contribution in [2.24, 2.45) is 5.73 Å². The number of nitrogens with two attached hydrogens (primary N) is 1. The van der Waals surface area contributed by atoms with E-state index in [9.17, 15) is 4.79 Å². The summed E-state index contributed by atoms with van der Waals surface area (Å²) in [7, 11) is 0. The van der Waals surface area contributed by atoms with Crippen molar-refractivity contribution in [2.45, 2.75) is 18.9 Å². The van der Waals surface area contributed by atoms with Crippen LogP contribution in [0.25, 0.3) is 0 Å². The number of rotatable bonds is 2. The average molecular weight is 197 g/mol. The molecule has 2 rings (SSSR count). The van der Waals surface area contributed by atoms with Crippen molar-refractivity contribution in [1.29, 1.82) is 0 Å². The van der Waals surface area contributed by atoms with Crippen molar-refractivity contribution in [2.75, 3.05) is 11.4 Å². The van der Waals surface area contributed by atoms with Crippen molar-refractivity contribution in [3.63, 3.8) is 0 Å². The molecule has 13 heavy (non-hydrogen) atoms. The van der Waals surface area contributed by atoms with Crippen molar-refractivity contribution < 1.29 is 4.79 Å². The predicted octanol–water partition coefficient (Wildman–Crippen LogP) is 0.597. The molecule has 1 atom stereocenters. The van der Waals surface area contributed by atoms with Gasteiger partial charge >= 0.3 is 0 Å². The molecule has 1 unspecified atom stereocenters. The molecule has 1 aromatic heterocycles. The third-order valence-corrected chi connectivity index (χ3v) is 3.05. The molecule has 4 nitrogen and oxygen atoms in total. The Kier molecular flexibility index (Phi) is 2.18. The van der Waals surface area contributed by atoms with Crippen molar-refractivity contribution in [3.05, 3.63) is 11.6 Å². The van der Waals surface area contributed by atoms with Gasteiger partial charge in [0.05, 0.1) is 0 Å². The second-order valence-electron chi connectivity index (χ2n) is 3.07. The molecule has 0 aliphatic carbocycles. The van der Waals surface area contributed by atoms with Gasteiger partial charge in [-0.1, -0.05) is 0 Å². The maximum atomic E-state index is 11.1. The van der Waals surface area contributed by atoms with E-state index in [0.717, 1.165) is 24.5 Å². The fourth-order valence-electron chi connectivity index (χ4n) is 1.65. The van der Waals surface area contributed by atoms with Crippen LogP contribution in [-0.4, -0.2) is 23.5 Å². The Morgan fingerprint density at radius 3 is 3.23 bits per heavy atom. The minimum absolute atomic E-state index is 0.147. The zero-order chi connectivity index (χ0) is 9.26. The predicted molar refractivity (Wildman–Crippen MR) is 51.7 cm³/mol. The second kappa shape index (κ2) is 3.33. The molecule has 2 N–H and O–H groups in total. The molecule has 5 heteroatoms. The van der Waals surface area contributed by atoms with Gasteiger partial charge in [0, 0.05) is 18.1 Å². The van der Waals surface area contributed by atoms with E-state index in [1.165, 1.54) is 0 Å². The molecule has 2 heterocycles. The Hall–Kier alpha value is -1.10. The van der Waals surface area contributed by atoms with E-state index in [1.807, 2.05) is 10.3 Å². The Bertz CT molecular complexity index is 298. The number of hydrogen-bond donors (Lipinski definition) is 1. The van der Waals surface area contributed by atoms with Crippen LogP contribution in [0.15, 0.2) is 11.6 Å². The third-order valence-electron chi connectivity index (χ3n) is 2.25. The summed E-state index contributed by atoms with van der Waals surface area (Å²) >= 11 is 1.55. The number of amides is 1. The zero-order valence-corrected chi connectivity index (χ0v) is 7.96. The average Bonchev–Trinajstić information content (AvgIpc) is 2.74. The number of anilines is 1. The summed E-state index contributed by atoms with van der Waals surface area (Å²) in [6, 6.07) is -0.147. The highest BCUT2D eigenvalue weighted by Crippen LogP contribution is 2.26. The number of hydrogen-bond acceptors (Lipinski definition) is 4. The summed E-state index contributed by atoms with van der Waals surface area (Å²) in [5.41, 5.74) is 5.29. The van der Waals surface area contributed by atoms with E-state index < -0.39 is 0 Å². The van der Waals surface area contributed by atoms with Crippen LogP contribution in [0.2, 0.25) is 0 Å². The molecule has 0 saturated carbocycles.